The van der Waals surface area contributed by atoms with Gasteiger partial charge in [-0.25, -0.2) is 4.98 Å². The fraction of sp³-hybridized carbons (Fsp3) is 0.393. The summed E-state index contributed by atoms with van der Waals surface area (Å²) in [7, 11) is 0. The van der Waals surface area contributed by atoms with E-state index in [0.29, 0.717) is 30.6 Å². The van der Waals surface area contributed by atoms with E-state index in [2.05, 4.69) is 52.4 Å². The number of thiazole rings is 1. The lowest BCUT2D eigenvalue weighted by Crippen LogP contribution is -2.37. The van der Waals surface area contributed by atoms with Crippen molar-refractivity contribution in [3.8, 4) is 0 Å². The van der Waals surface area contributed by atoms with Gasteiger partial charge >= 0.3 is 0 Å². The summed E-state index contributed by atoms with van der Waals surface area (Å²) in [5.41, 5.74) is 4.74. The highest BCUT2D eigenvalue weighted by Crippen LogP contribution is 2.39. The first-order chi connectivity index (χ1) is 17.7. The maximum atomic E-state index is 12.7. The molecule has 2 aliphatic rings. The van der Waals surface area contributed by atoms with Crippen LogP contribution in [-0.4, -0.2) is 34.8 Å². The summed E-state index contributed by atoms with van der Waals surface area (Å²) in [6.07, 6.45) is 9.46. The number of piperidine rings is 1. The molecule has 1 atom stereocenters. The van der Waals surface area contributed by atoms with Gasteiger partial charge in [-0.15, -0.1) is 16.2 Å². The first-order valence-corrected chi connectivity index (χ1v) is 14.0. The fourth-order valence-electron chi connectivity index (χ4n) is 4.74. The molecule has 0 saturated carbocycles. The van der Waals surface area contributed by atoms with Gasteiger partial charge < -0.3 is 10.2 Å². The largest absolute Gasteiger partial charge is 0.339 e. The molecule has 1 unspecified atom stereocenters. The summed E-state index contributed by atoms with van der Waals surface area (Å²) in [5, 5.41) is 6.78. The first kappa shape index (κ1) is 27.1. The SMILES string of the molecule is Cc1cc(N=O)c(NC(=O)/C=C/C(=O)N2CCC(c3nc(C4=CC=C(Br)CC4C)c(C)s3)CC2)cc1C. The predicted molar refractivity (Wildman–Crippen MR) is 153 cm³/mol. The molecular weight excluding hydrogens is 552 g/mol. The number of halogens is 1. The molecule has 7 nitrogen and oxygen atoms in total. The molecule has 4 rings (SSSR count). The number of rotatable bonds is 6. The van der Waals surface area contributed by atoms with E-state index in [1.54, 1.807) is 28.4 Å². The average Bonchev–Trinajstić information content (AvgIpc) is 3.26. The third-order valence-corrected chi connectivity index (χ3v) is 8.79. The van der Waals surface area contributed by atoms with Gasteiger partial charge in [-0.05, 0) is 84.4 Å². The summed E-state index contributed by atoms with van der Waals surface area (Å²) in [5.74, 6) is 0.0784. The molecule has 2 aromatic rings. The van der Waals surface area contributed by atoms with Crippen molar-refractivity contribution in [1.82, 2.24) is 9.88 Å². The topological polar surface area (TPSA) is 91.7 Å². The van der Waals surface area contributed by atoms with Gasteiger partial charge in [0.1, 0.15) is 5.69 Å². The standard InChI is InChI=1S/C28H31BrN4O3S/c1-16-14-23(24(32-36)15-17(16)2)30-25(34)7-8-26(35)33-11-9-20(10-12-33)28-31-27(19(4)37-28)22-6-5-21(29)13-18(22)3/h5-8,14-15,18,20H,9-13H2,1-4H3,(H,30,34)/b8-7+. The van der Waals surface area contributed by atoms with Crippen LogP contribution in [0.1, 0.15) is 58.8 Å². The number of nitrogens with zero attached hydrogens (tertiary/aromatic N) is 3. The minimum atomic E-state index is -0.477. The number of carbonyl (C=O) groups is 2. The number of anilines is 1. The van der Waals surface area contributed by atoms with Crippen molar-refractivity contribution >= 4 is 56.0 Å². The molecule has 37 heavy (non-hydrogen) atoms. The smallest absolute Gasteiger partial charge is 0.248 e. The van der Waals surface area contributed by atoms with Crippen LogP contribution in [-0.2, 0) is 9.59 Å². The van der Waals surface area contributed by atoms with Crippen LogP contribution in [0.2, 0.25) is 0 Å². The van der Waals surface area contributed by atoms with Crippen LogP contribution in [0.4, 0.5) is 11.4 Å². The van der Waals surface area contributed by atoms with Gasteiger partial charge in [0.25, 0.3) is 0 Å². The Morgan fingerprint density at radius 1 is 1.14 bits per heavy atom. The Labute approximate surface area is 229 Å². The highest BCUT2D eigenvalue weighted by molar-refractivity contribution is 9.11. The zero-order chi connectivity index (χ0) is 26.7. The van der Waals surface area contributed by atoms with Crippen molar-refractivity contribution in [1.29, 1.82) is 0 Å². The number of amides is 2. The van der Waals surface area contributed by atoms with E-state index in [9.17, 15) is 14.5 Å². The molecule has 9 heteroatoms. The number of nitrogens with one attached hydrogen (secondary N) is 1. The number of nitroso groups, excluding NO2 is 1. The highest BCUT2D eigenvalue weighted by Gasteiger charge is 2.27. The van der Waals surface area contributed by atoms with E-state index < -0.39 is 5.91 Å². The van der Waals surface area contributed by atoms with Crippen molar-refractivity contribution in [2.24, 2.45) is 11.1 Å². The Balaban J connectivity index is 1.34. The molecule has 1 aromatic heterocycles. The molecule has 1 fully saturated rings. The number of hydrogen-bond donors (Lipinski definition) is 1. The van der Waals surface area contributed by atoms with E-state index in [4.69, 9.17) is 4.98 Å². The van der Waals surface area contributed by atoms with Gasteiger partial charge in [0.2, 0.25) is 11.8 Å². The van der Waals surface area contributed by atoms with E-state index in [0.717, 1.165) is 41.1 Å². The Hall–Kier alpha value is -2.91. The number of benzene rings is 1. The Kier molecular flexibility index (Phi) is 8.54. The van der Waals surface area contributed by atoms with Crippen LogP contribution < -0.4 is 5.32 Å². The second-order valence-corrected chi connectivity index (χ2v) is 12.0. The van der Waals surface area contributed by atoms with Gasteiger partial charge in [0, 0.05) is 36.0 Å². The molecule has 1 aliphatic heterocycles. The van der Waals surface area contributed by atoms with Gasteiger partial charge in [-0.1, -0.05) is 35.0 Å². The number of aryl methyl sites for hydroxylation is 3. The van der Waals surface area contributed by atoms with Gasteiger partial charge in [0.05, 0.1) is 16.4 Å². The maximum absolute atomic E-state index is 12.7. The van der Waals surface area contributed by atoms with E-state index >= 15 is 0 Å². The summed E-state index contributed by atoms with van der Waals surface area (Å²) in [4.78, 5) is 44.2. The molecule has 0 bridgehead atoms. The molecule has 0 radical (unpaired) electrons. The normalized spacial score (nSPS) is 18.5. The summed E-state index contributed by atoms with van der Waals surface area (Å²) in [6.45, 7) is 9.37. The van der Waals surface area contributed by atoms with Crippen molar-refractivity contribution < 1.29 is 9.59 Å². The monoisotopic (exact) mass is 582 g/mol. The summed E-state index contributed by atoms with van der Waals surface area (Å²) >= 11 is 5.36. The van der Waals surface area contributed by atoms with Crippen LogP contribution in [0.3, 0.4) is 0 Å². The van der Waals surface area contributed by atoms with E-state index in [-0.39, 0.29) is 11.6 Å². The van der Waals surface area contributed by atoms with Gasteiger partial charge in [0.15, 0.2) is 0 Å². The zero-order valence-corrected chi connectivity index (χ0v) is 23.9. The minimum Gasteiger partial charge on any atom is -0.339 e. The van der Waals surface area contributed by atoms with Crippen LogP contribution in [0.15, 0.2) is 46.1 Å². The van der Waals surface area contributed by atoms with Crippen molar-refractivity contribution in [3.05, 3.63) is 72.5 Å². The lowest BCUT2D eigenvalue weighted by molar-refractivity contribution is -0.127. The molecule has 1 saturated heterocycles. The molecule has 1 aliphatic carbocycles. The van der Waals surface area contributed by atoms with Crippen LogP contribution in [0.25, 0.3) is 5.57 Å². The lowest BCUT2D eigenvalue weighted by Gasteiger charge is -2.30. The van der Waals surface area contributed by atoms with Crippen molar-refractivity contribution in [3.63, 3.8) is 0 Å². The molecule has 1 aromatic carbocycles. The second-order valence-electron chi connectivity index (χ2n) is 9.76. The van der Waals surface area contributed by atoms with Crippen LogP contribution >= 0.6 is 27.3 Å². The van der Waals surface area contributed by atoms with Gasteiger partial charge in [-0.3, -0.25) is 9.59 Å². The molecule has 2 amide bonds. The van der Waals surface area contributed by atoms with Crippen molar-refractivity contribution in [2.75, 3.05) is 18.4 Å². The van der Waals surface area contributed by atoms with Crippen LogP contribution in [0.5, 0.6) is 0 Å². The number of allylic oxidation sites excluding steroid dienone is 4. The Bertz CT molecular complexity index is 1320. The van der Waals surface area contributed by atoms with Crippen LogP contribution in [0, 0.1) is 31.6 Å². The number of hydrogen-bond acceptors (Lipinski definition) is 6. The highest BCUT2D eigenvalue weighted by atomic mass is 79.9. The molecule has 1 N–H and O–H groups in total. The van der Waals surface area contributed by atoms with Gasteiger partial charge in [-0.2, -0.15) is 0 Å². The molecule has 2 heterocycles. The molecule has 0 spiro atoms. The second kappa shape index (κ2) is 11.6. The zero-order valence-electron chi connectivity index (χ0n) is 21.5. The third kappa shape index (κ3) is 6.33. The Morgan fingerprint density at radius 2 is 1.84 bits per heavy atom. The summed E-state index contributed by atoms with van der Waals surface area (Å²) in [6, 6.07) is 3.34. The van der Waals surface area contributed by atoms with Crippen molar-refractivity contribution in [2.45, 2.75) is 52.9 Å². The predicted octanol–water partition coefficient (Wildman–Crippen LogP) is 7.07. The fourth-order valence-corrected chi connectivity index (χ4v) is 6.47. The Morgan fingerprint density at radius 3 is 2.51 bits per heavy atom. The first-order valence-electron chi connectivity index (χ1n) is 12.4. The maximum Gasteiger partial charge on any atom is 0.248 e. The molecular formula is C28H31BrN4O3S. The average molecular weight is 584 g/mol. The lowest BCUT2D eigenvalue weighted by atomic mass is 9.90. The number of likely N-dealkylation sites (tertiary alicyclic amines) is 1. The van der Waals surface area contributed by atoms with E-state index in [1.807, 2.05) is 13.8 Å². The number of aromatic nitrogens is 1. The van der Waals surface area contributed by atoms with E-state index in [1.165, 1.54) is 27.1 Å². The number of carbonyl (C=O) groups excluding carboxylic acids is 2. The molecule has 194 valence electrons. The quantitative estimate of drug-likeness (QED) is 0.291. The summed E-state index contributed by atoms with van der Waals surface area (Å²) < 4.78 is 1.22. The third-order valence-electron chi connectivity index (χ3n) is 7.06. The minimum absolute atomic E-state index is 0.164.